The molecule has 0 bridgehead atoms. The summed E-state index contributed by atoms with van der Waals surface area (Å²) in [4.78, 5) is 25.3. The minimum Gasteiger partial charge on any atom is -0.293 e. The van der Waals surface area contributed by atoms with Crippen molar-refractivity contribution in [1.82, 2.24) is 9.55 Å². The summed E-state index contributed by atoms with van der Waals surface area (Å²) in [5, 5.41) is 0.527. The van der Waals surface area contributed by atoms with Crippen molar-refractivity contribution in [1.29, 1.82) is 0 Å². The maximum absolute atomic E-state index is 11.5. The Bertz CT molecular complexity index is 600. The van der Waals surface area contributed by atoms with Gasteiger partial charge in [-0.15, -0.1) is 0 Å². The SMILES string of the molecule is O=c1[nH]c(=O)n(CCS)c2ccccc12. The summed E-state index contributed by atoms with van der Waals surface area (Å²) in [6, 6.07) is 7.03. The number of hydrogen-bond acceptors (Lipinski definition) is 3. The summed E-state index contributed by atoms with van der Waals surface area (Å²) >= 11 is 4.08. The van der Waals surface area contributed by atoms with Crippen molar-refractivity contribution >= 4 is 23.5 Å². The number of aromatic amines is 1. The van der Waals surface area contributed by atoms with Crippen molar-refractivity contribution in [3.05, 3.63) is 45.1 Å². The van der Waals surface area contributed by atoms with Crippen LogP contribution in [0.3, 0.4) is 0 Å². The molecule has 15 heavy (non-hydrogen) atoms. The molecule has 2 aromatic rings. The van der Waals surface area contributed by atoms with E-state index in [1.54, 1.807) is 24.3 Å². The van der Waals surface area contributed by atoms with Gasteiger partial charge in [0.15, 0.2) is 0 Å². The van der Waals surface area contributed by atoms with Crippen molar-refractivity contribution < 1.29 is 0 Å². The molecule has 1 heterocycles. The first-order valence-corrected chi connectivity index (χ1v) is 5.20. The number of para-hydroxylation sites is 1. The summed E-state index contributed by atoms with van der Waals surface area (Å²) in [7, 11) is 0. The molecule has 0 radical (unpaired) electrons. The number of rotatable bonds is 2. The van der Waals surface area contributed by atoms with Gasteiger partial charge in [0.1, 0.15) is 0 Å². The summed E-state index contributed by atoms with van der Waals surface area (Å²) < 4.78 is 1.52. The standard InChI is InChI=1S/C10H10N2O2S/c13-9-7-3-1-2-4-8(7)12(5-6-15)10(14)11-9/h1-4,15H,5-6H2,(H,11,13,14). The van der Waals surface area contributed by atoms with Gasteiger partial charge in [-0.05, 0) is 12.1 Å². The highest BCUT2D eigenvalue weighted by Crippen LogP contribution is 2.06. The van der Waals surface area contributed by atoms with E-state index in [0.717, 1.165) is 0 Å². The number of aromatic nitrogens is 2. The number of nitrogens with one attached hydrogen (secondary N) is 1. The number of thiol groups is 1. The average molecular weight is 222 g/mol. The van der Waals surface area contributed by atoms with Crippen LogP contribution < -0.4 is 11.2 Å². The lowest BCUT2D eigenvalue weighted by Crippen LogP contribution is -2.30. The Labute approximate surface area is 91.0 Å². The fourth-order valence-corrected chi connectivity index (χ4v) is 1.76. The van der Waals surface area contributed by atoms with Gasteiger partial charge in [-0.1, -0.05) is 12.1 Å². The number of benzene rings is 1. The maximum Gasteiger partial charge on any atom is 0.328 e. The molecule has 0 aliphatic heterocycles. The molecule has 0 saturated heterocycles. The molecule has 0 aliphatic carbocycles. The van der Waals surface area contributed by atoms with Crippen LogP contribution in [0.2, 0.25) is 0 Å². The van der Waals surface area contributed by atoms with E-state index in [1.165, 1.54) is 4.57 Å². The smallest absolute Gasteiger partial charge is 0.293 e. The van der Waals surface area contributed by atoms with Crippen LogP contribution in [0.5, 0.6) is 0 Å². The van der Waals surface area contributed by atoms with E-state index in [0.29, 0.717) is 23.2 Å². The van der Waals surface area contributed by atoms with Crippen LogP contribution in [0.1, 0.15) is 0 Å². The molecule has 4 nitrogen and oxygen atoms in total. The Kier molecular flexibility index (Phi) is 2.64. The van der Waals surface area contributed by atoms with E-state index in [2.05, 4.69) is 17.6 Å². The molecule has 0 saturated carbocycles. The van der Waals surface area contributed by atoms with Gasteiger partial charge in [-0.25, -0.2) is 4.79 Å². The molecule has 1 aromatic heterocycles. The van der Waals surface area contributed by atoms with Gasteiger partial charge in [0, 0.05) is 12.3 Å². The first-order chi connectivity index (χ1) is 7.24. The summed E-state index contributed by atoms with van der Waals surface area (Å²) in [6.45, 7) is 0.485. The highest BCUT2D eigenvalue weighted by Gasteiger charge is 2.04. The second kappa shape index (κ2) is 3.94. The third-order valence-corrected chi connectivity index (χ3v) is 2.43. The number of hydrogen-bond donors (Lipinski definition) is 2. The molecule has 1 aromatic carbocycles. The lowest BCUT2D eigenvalue weighted by molar-refractivity contribution is 0.735. The highest BCUT2D eigenvalue weighted by atomic mass is 32.1. The molecule has 5 heteroatoms. The van der Waals surface area contributed by atoms with Crippen LogP contribution in [-0.4, -0.2) is 15.3 Å². The van der Waals surface area contributed by atoms with Gasteiger partial charge in [-0.3, -0.25) is 14.3 Å². The molecular weight excluding hydrogens is 212 g/mol. The van der Waals surface area contributed by atoms with Crippen LogP contribution in [0.15, 0.2) is 33.9 Å². The Balaban J connectivity index is 2.90. The number of fused-ring (bicyclic) bond motifs is 1. The van der Waals surface area contributed by atoms with Gasteiger partial charge in [-0.2, -0.15) is 12.6 Å². The molecule has 0 unspecified atom stereocenters. The first-order valence-electron chi connectivity index (χ1n) is 4.57. The quantitative estimate of drug-likeness (QED) is 0.732. The predicted molar refractivity (Wildman–Crippen MR) is 62.7 cm³/mol. The van der Waals surface area contributed by atoms with E-state index < -0.39 is 0 Å². The molecular formula is C10H10N2O2S. The lowest BCUT2D eigenvalue weighted by Gasteiger charge is -2.06. The van der Waals surface area contributed by atoms with E-state index in [9.17, 15) is 9.59 Å². The zero-order valence-electron chi connectivity index (χ0n) is 7.93. The summed E-state index contributed by atoms with van der Waals surface area (Å²) in [5.41, 5.74) is -0.0703. The third-order valence-electron chi connectivity index (χ3n) is 2.23. The highest BCUT2D eigenvalue weighted by molar-refractivity contribution is 7.80. The normalized spacial score (nSPS) is 10.7. The topological polar surface area (TPSA) is 54.9 Å². The minimum atomic E-state index is -0.382. The van der Waals surface area contributed by atoms with Gasteiger partial charge >= 0.3 is 5.69 Å². The molecule has 2 rings (SSSR count). The van der Waals surface area contributed by atoms with Gasteiger partial charge < -0.3 is 0 Å². The van der Waals surface area contributed by atoms with Crippen LogP contribution in [0.25, 0.3) is 10.9 Å². The van der Waals surface area contributed by atoms with Crippen molar-refractivity contribution in [2.75, 3.05) is 5.75 Å². The number of nitrogens with zero attached hydrogens (tertiary/aromatic N) is 1. The van der Waals surface area contributed by atoms with Gasteiger partial charge in [0.05, 0.1) is 10.9 Å². The third kappa shape index (κ3) is 1.70. The Morgan fingerprint density at radius 2 is 2.00 bits per heavy atom. The van der Waals surface area contributed by atoms with Crippen molar-refractivity contribution in [3.8, 4) is 0 Å². The lowest BCUT2D eigenvalue weighted by atomic mass is 10.2. The van der Waals surface area contributed by atoms with Crippen LogP contribution in [-0.2, 0) is 6.54 Å². The zero-order chi connectivity index (χ0) is 10.8. The second-order valence-corrected chi connectivity index (χ2v) is 3.60. The van der Waals surface area contributed by atoms with Crippen molar-refractivity contribution in [3.63, 3.8) is 0 Å². The average Bonchev–Trinajstić information content (AvgIpc) is 2.24. The predicted octanol–water partition coefficient (Wildman–Crippen LogP) is 0.620. The van der Waals surface area contributed by atoms with Crippen LogP contribution >= 0.6 is 12.6 Å². The maximum atomic E-state index is 11.5. The van der Waals surface area contributed by atoms with Gasteiger partial charge in [0.2, 0.25) is 0 Å². The molecule has 0 amide bonds. The number of H-pyrrole nitrogens is 1. The first kappa shape index (κ1) is 10.0. The zero-order valence-corrected chi connectivity index (χ0v) is 8.83. The van der Waals surface area contributed by atoms with E-state index in [-0.39, 0.29) is 11.2 Å². The Hall–Kier alpha value is -1.49. The fraction of sp³-hybridized carbons (Fsp3) is 0.200. The Morgan fingerprint density at radius 3 is 2.73 bits per heavy atom. The van der Waals surface area contributed by atoms with E-state index >= 15 is 0 Å². The molecule has 0 atom stereocenters. The Morgan fingerprint density at radius 1 is 1.27 bits per heavy atom. The van der Waals surface area contributed by atoms with E-state index in [1.807, 2.05) is 0 Å². The van der Waals surface area contributed by atoms with Gasteiger partial charge in [0.25, 0.3) is 5.56 Å². The van der Waals surface area contributed by atoms with Crippen LogP contribution in [0.4, 0.5) is 0 Å². The minimum absolute atomic E-state index is 0.342. The largest absolute Gasteiger partial charge is 0.328 e. The summed E-state index contributed by atoms with van der Waals surface area (Å²) in [6.07, 6.45) is 0. The molecule has 0 aliphatic rings. The number of aryl methyl sites for hydroxylation is 1. The van der Waals surface area contributed by atoms with Crippen LogP contribution in [0, 0.1) is 0 Å². The molecule has 0 spiro atoms. The summed E-state index contributed by atoms with van der Waals surface area (Å²) in [5.74, 6) is 0.552. The molecule has 1 N–H and O–H groups in total. The molecule has 78 valence electrons. The van der Waals surface area contributed by atoms with E-state index in [4.69, 9.17) is 0 Å². The fourth-order valence-electron chi connectivity index (χ4n) is 1.56. The second-order valence-electron chi connectivity index (χ2n) is 3.15. The van der Waals surface area contributed by atoms with Crippen molar-refractivity contribution in [2.24, 2.45) is 0 Å². The monoisotopic (exact) mass is 222 g/mol. The molecule has 0 fully saturated rings. The van der Waals surface area contributed by atoms with Crippen molar-refractivity contribution in [2.45, 2.75) is 6.54 Å².